The molecule has 0 spiro atoms. The van der Waals surface area contributed by atoms with Crippen LogP contribution in [0.1, 0.15) is 32.3 Å². The lowest BCUT2D eigenvalue weighted by Crippen LogP contribution is -2.13. The van der Waals surface area contributed by atoms with Crippen molar-refractivity contribution < 1.29 is 4.74 Å². The minimum absolute atomic E-state index is 0.162. The SMILES string of the molecule is COCc1cc(Cl)nc(CC(C)(C)C)n1. The van der Waals surface area contributed by atoms with E-state index in [0.29, 0.717) is 11.8 Å². The number of ether oxygens (including phenoxy) is 1. The quantitative estimate of drug-likeness (QED) is 0.747. The fraction of sp³-hybridized carbons (Fsp3) is 0.636. The molecule has 0 unspecified atom stereocenters. The normalized spacial score (nSPS) is 11.8. The van der Waals surface area contributed by atoms with E-state index in [1.165, 1.54) is 0 Å². The Morgan fingerprint density at radius 2 is 2.00 bits per heavy atom. The molecule has 3 nitrogen and oxygen atoms in total. The minimum atomic E-state index is 0.162. The maximum Gasteiger partial charge on any atom is 0.133 e. The fourth-order valence-corrected chi connectivity index (χ4v) is 1.51. The highest BCUT2D eigenvalue weighted by molar-refractivity contribution is 6.29. The third-order valence-electron chi connectivity index (χ3n) is 1.77. The number of halogens is 1. The van der Waals surface area contributed by atoms with Crippen LogP contribution in [-0.2, 0) is 17.8 Å². The molecule has 4 heteroatoms. The number of nitrogens with zero attached hydrogens (tertiary/aromatic N) is 2. The van der Waals surface area contributed by atoms with Gasteiger partial charge in [-0.15, -0.1) is 0 Å². The summed E-state index contributed by atoms with van der Waals surface area (Å²) < 4.78 is 5.02. The molecule has 0 aliphatic rings. The molecule has 0 aromatic carbocycles. The first-order valence-electron chi connectivity index (χ1n) is 4.92. The summed E-state index contributed by atoms with van der Waals surface area (Å²) in [7, 11) is 1.64. The van der Waals surface area contributed by atoms with E-state index < -0.39 is 0 Å². The second kappa shape index (κ2) is 4.90. The first-order chi connectivity index (χ1) is 6.90. The van der Waals surface area contributed by atoms with Crippen LogP contribution < -0.4 is 0 Å². The molecule has 0 bridgehead atoms. The predicted molar refractivity (Wildman–Crippen MR) is 60.9 cm³/mol. The van der Waals surface area contributed by atoms with Crippen LogP contribution in [0.15, 0.2) is 6.07 Å². The number of hydrogen-bond donors (Lipinski definition) is 0. The van der Waals surface area contributed by atoms with Crippen molar-refractivity contribution in [1.82, 2.24) is 9.97 Å². The average Bonchev–Trinajstić information content (AvgIpc) is 1.99. The van der Waals surface area contributed by atoms with Gasteiger partial charge in [-0.25, -0.2) is 9.97 Å². The maximum atomic E-state index is 5.91. The van der Waals surface area contributed by atoms with Gasteiger partial charge in [0.15, 0.2) is 0 Å². The third-order valence-corrected chi connectivity index (χ3v) is 1.97. The van der Waals surface area contributed by atoms with E-state index in [2.05, 4.69) is 30.7 Å². The van der Waals surface area contributed by atoms with Gasteiger partial charge in [0.2, 0.25) is 0 Å². The van der Waals surface area contributed by atoms with Crippen molar-refractivity contribution in [3.63, 3.8) is 0 Å². The molecule has 1 aromatic rings. The molecule has 0 N–H and O–H groups in total. The van der Waals surface area contributed by atoms with Crippen LogP contribution in [0.25, 0.3) is 0 Å². The zero-order valence-corrected chi connectivity index (χ0v) is 10.4. The van der Waals surface area contributed by atoms with E-state index in [1.54, 1.807) is 13.2 Å². The van der Waals surface area contributed by atoms with Crippen molar-refractivity contribution in [2.45, 2.75) is 33.8 Å². The lowest BCUT2D eigenvalue weighted by molar-refractivity contribution is 0.181. The van der Waals surface area contributed by atoms with Crippen LogP contribution >= 0.6 is 11.6 Å². The van der Waals surface area contributed by atoms with E-state index in [1.807, 2.05) is 0 Å². The number of aromatic nitrogens is 2. The summed E-state index contributed by atoms with van der Waals surface area (Å²) in [6.07, 6.45) is 0.810. The first-order valence-corrected chi connectivity index (χ1v) is 5.30. The molecule has 84 valence electrons. The standard InChI is InChI=1S/C11H17ClN2O/c1-11(2,3)6-10-13-8(7-15-4)5-9(12)14-10/h5H,6-7H2,1-4H3. The summed E-state index contributed by atoms with van der Waals surface area (Å²) in [6.45, 7) is 6.91. The van der Waals surface area contributed by atoms with E-state index in [0.717, 1.165) is 17.9 Å². The van der Waals surface area contributed by atoms with E-state index in [-0.39, 0.29) is 5.41 Å². The summed E-state index contributed by atoms with van der Waals surface area (Å²) in [4.78, 5) is 8.59. The molecule has 1 aromatic heterocycles. The molecule has 0 saturated heterocycles. The molecule has 0 saturated carbocycles. The predicted octanol–water partition coefficient (Wildman–Crippen LogP) is 2.87. The Bertz CT molecular complexity index is 334. The second-order valence-corrected chi connectivity index (χ2v) is 5.16. The highest BCUT2D eigenvalue weighted by atomic mass is 35.5. The minimum Gasteiger partial charge on any atom is -0.378 e. The van der Waals surface area contributed by atoms with Crippen LogP contribution in [0.3, 0.4) is 0 Å². The Balaban J connectivity index is 2.88. The van der Waals surface area contributed by atoms with Crippen LogP contribution in [0.4, 0.5) is 0 Å². The van der Waals surface area contributed by atoms with Crippen molar-refractivity contribution >= 4 is 11.6 Å². The Labute approximate surface area is 95.8 Å². The lowest BCUT2D eigenvalue weighted by atomic mass is 9.92. The lowest BCUT2D eigenvalue weighted by Gasteiger charge is -2.17. The summed E-state index contributed by atoms with van der Waals surface area (Å²) >= 11 is 5.91. The first kappa shape index (κ1) is 12.4. The van der Waals surface area contributed by atoms with Crippen molar-refractivity contribution in [2.75, 3.05) is 7.11 Å². The van der Waals surface area contributed by atoms with E-state index in [4.69, 9.17) is 16.3 Å². The van der Waals surface area contributed by atoms with Gasteiger partial charge in [0.05, 0.1) is 12.3 Å². The molecule has 0 radical (unpaired) electrons. The van der Waals surface area contributed by atoms with E-state index in [9.17, 15) is 0 Å². The fourth-order valence-electron chi connectivity index (χ4n) is 1.29. The smallest absolute Gasteiger partial charge is 0.133 e. The molecule has 0 atom stereocenters. The molecule has 0 amide bonds. The number of hydrogen-bond acceptors (Lipinski definition) is 3. The molecule has 0 aliphatic heterocycles. The number of rotatable bonds is 3. The van der Waals surface area contributed by atoms with Gasteiger partial charge < -0.3 is 4.74 Å². The third kappa shape index (κ3) is 4.58. The Morgan fingerprint density at radius 3 is 2.53 bits per heavy atom. The maximum absolute atomic E-state index is 5.91. The molecule has 15 heavy (non-hydrogen) atoms. The Morgan fingerprint density at radius 1 is 1.33 bits per heavy atom. The van der Waals surface area contributed by atoms with Crippen LogP contribution in [0.5, 0.6) is 0 Å². The zero-order chi connectivity index (χ0) is 11.5. The van der Waals surface area contributed by atoms with Crippen molar-refractivity contribution in [3.8, 4) is 0 Å². The average molecular weight is 229 g/mol. The largest absolute Gasteiger partial charge is 0.378 e. The molecule has 1 rings (SSSR count). The summed E-state index contributed by atoms with van der Waals surface area (Å²) in [5.74, 6) is 0.780. The van der Waals surface area contributed by atoms with Gasteiger partial charge in [-0.3, -0.25) is 0 Å². The second-order valence-electron chi connectivity index (χ2n) is 4.77. The Kier molecular flexibility index (Phi) is 4.05. The summed E-state index contributed by atoms with van der Waals surface area (Å²) in [5, 5.41) is 0.483. The van der Waals surface area contributed by atoms with Gasteiger partial charge in [0.1, 0.15) is 11.0 Å². The summed E-state index contributed by atoms with van der Waals surface area (Å²) in [5.41, 5.74) is 0.992. The van der Waals surface area contributed by atoms with Gasteiger partial charge in [0.25, 0.3) is 0 Å². The molecule has 1 heterocycles. The number of methoxy groups -OCH3 is 1. The monoisotopic (exact) mass is 228 g/mol. The van der Waals surface area contributed by atoms with E-state index >= 15 is 0 Å². The van der Waals surface area contributed by atoms with Crippen LogP contribution in [-0.4, -0.2) is 17.1 Å². The van der Waals surface area contributed by atoms with Gasteiger partial charge in [-0.1, -0.05) is 32.4 Å². The topological polar surface area (TPSA) is 35.0 Å². The zero-order valence-electron chi connectivity index (χ0n) is 9.67. The van der Waals surface area contributed by atoms with Crippen LogP contribution in [0.2, 0.25) is 5.15 Å². The van der Waals surface area contributed by atoms with Crippen molar-refractivity contribution in [2.24, 2.45) is 5.41 Å². The molecular weight excluding hydrogens is 212 g/mol. The molecular formula is C11H17ClN2O. The highest BCUT2D eigenvalue weighted by Crippen LogP contribution is 2.19. The highest BCUT2D eigenvalue weighted by Gasteiger charge is 2.14. The van der Waals surface area contributed by atoms with Crippen molar-refractivity contribution in [1.29, 1.82) is 0 Å². The summed E-state index contributed by atoms with van der Waals surface area (Å²) in [6, 6.07) is 1.73. The molecule has 0 fully saturated rings. The van der Waals surface area contributed by atoms with Gasteiger partial charge in [0, 0.05) is 13.5 Å². The van der Waals surface area contributed by atoms with Crippen LogP contribution in [0, 0.1) is 5.41 Å². The van der Waals surface area contributed by atoms with Gasteiger partial charge >= 0.3 is 0 Å². The molecule has 0 aliphatic carbocycles. The van der Waals surface area contributed by atoms with Gasteiger partial charge in [-0.2, -0.15) is 0 Å². The Hall–Kier alpha value is -0.670. The van der Waals surface area contributed by atoms with Gasteiger partial charge in [-0.05, 0) is 11.5 Å². The van der Waals surface area contributed by atoms with Crippen molar-refractivity contribution in [3.05, 3.63) is 22.7 Å².